The Morgan fingerprint density at radius 2 is 2.00 bits per heavy atom. The number of halogens is 1. The van der Waals surface area contributed by atoms with Gasteiger partial charge in [0, 0.05) is 6.04 Å². The molecule has 1 aromatic rings. The molecular formula is C15H22ClN. The van der Waals surface area contributed by atoms with Gasteiger partial charge < -0.3 is 5.32 Å². The SMILES string of the molecule is CCC1CCCC(Nc2ccccc2Cl)CC1. The van der Waals surface area contributed by atoms with E-state index in [1.165, 1.54) is 38.5 Å². The van der Waals surface area contributed by atoms with Gasteiger partial charge in [-0.05, 0) is 37.3 Å². The lowest BCUT2D eigenvalue weighted by Crippen LogP contribution is -2.18. The first-order valence-corrected chi connectivity index (χ1v) is 7.18. The summed E-state index contributed by atoms with van der Waals surface area (Å²) >= 11 is 6.18. The fourth-order valence-electron chi connectivity index (χ4n) is 2.73. The molecule has 1 fully saturated rings. The van der Waals surface area contributed by atoms with Crippen LogP contribution in [0.4, 0.5) is 5.69 Å². The fraction of sp³-hybridized carbons (Fsp3) is 0.600. The summed E-state index contributed by atoms with van der Waals surface area (Å²) in [6.07, 6.45) is 8.00. The lowest BCUT2D eigenvalue weighted by Gasteiger charge is -2.18. The monoisotopic (exact) mass is 251 g/mol. The summed E-state index contributed by atoms with van der Waals surface area (Å²) in [5.41, 5.74) is 1.09. The van der Waals surface area contributed by atoms with Crippen LogP contribution in [0.2, 0.25) is 5.02 Å². The van der Waals surface area contributed by atoms with Gasteiger partial charge in [-0.1, -0.05) is 49.9 Å². The van der Waals surface area contributed by atoms with Gasteiger partial charge in [-0.2, -0.15) is 0 Å². The molecule has 2 heteroatoms. The van der Waals surface area contributed by atoms with E-state index in [9.17, 15) is 0 Å². The molecule has 1 saturated carbocycles. The predicted molar refractivity (Wildman–Crippen MR) is 75.7 cm³/mol. The van der Waals surface area contributed by atoms with E-state index >= 15 is 0 Å². The van der Waals surface area contributed by atoms with Crippen molar-refractivity contribution in [2.24, 2.45) is 5.92 Å². The van der Waals surface area contributed by atoms with E-state index in [0.717, 1.165) is 16.6 Å². The minimum absolute atomic E-state index is 0.603. The predicted octanol–water partition coefficient (Wildman–Crippen LogP) is 5.11. The number of rotatable bonds is 3. The maximum absolute atomic E-state index is 6.18. The van der Waals surface area contributed by atoms with Gasteiger partial charge in [0.25, 0.3) is 0 Å². The van der Waals surface area contributed by atoms with Crippen molar-refractivity contribution in [2.45, 2.75) is 51.5 Å². The summed E-state index contributed by atoms with van der Waals surface area (Å²) in [5, 5.41) is 4.44. The van der Waals surface area contributed by atoms with E-state index in [0.29, 0.717) is 6.04 Å². The van der Waals surface area contributed by atoms with Crippen molar-refractivity contribution in [2.75, 3.05) is 5.32 Å². The summed E-state index contributed by atoms with van der Waals surface area (Å²) in [6, 6.07) is 8.65. The standard InChI is InChI=1S/C15H22ClN/c1-2-12-6-5-7-13(11-10-12)17-15-9-4-3-8-14(15)16/h3-4,8-9,12-13,17H,2,5-7,10-11H2,1H3. The Balaban J connectivity index is 1.93. The molecule has 1 aromatic carbocycles. The maximum Gasteiger partial charge on any atom is 0.0637 e. The zero-order valence-electron chi connectivity index (χ0n) is 10.6. The second kappa shape index (κ2) is 6.30. The van der Waals surface area contributed by atoms with Gasteiger partial charge in [-0.3, -0.25) is 0 Å². The summed E-state index contributed by atoms with van der Waals surface area (Å²) in [6.45, 7) is 2.31. The Kier molecular flexibility index (Phi) is 4.73. The quantitative estimate of drug-likeness (QED) is 0.736. The van der Waals surface area contributed by atoms with Crippen LogP contribution in [0.3, 0.4) is 0 Å². The Bertz CT molecular complexity index is 351. The molecule has 0 radical (unpaired) electrons. The topological polar surface area (TPSA) is 12.0 Å². The molecule has 1 nitrogen and oxygen atoms in total. The van der Waals surface area contributed by atoms with Crippen LogP contribution in [0.15, 0.2) is 24.3 Å². The minimum atomic E-state index is 0.603. The molecule has 0 aliphatic heterocycles. The largest absolute Gasteiger partial charge is 0.381 e. The van der Waals surface area contributed by atoms with E-state index in [2.05, 4.69) is 18.3 Å². The van der Waals surface area contributed by atoms with Gasteiger partial charge >= 0.3 is 0 Å². The molecule has 1 aliphatic carbocycles. The van der Waals surface area contributed by atoms with Crippen LogP contribution in [-0.4, -0.2) is 6.04 Å². The first-order valence-electron chi connectivity index (χ1n) is 6.80. The first kappa shape index (κ1) is 12.8. The molecule has 17 heavy (non-hydrogen) atoms. The second-order valence-corrected chi connectivity index (χ2v) is 5.51. The van der Waals surface area contributed by atoms with Crippen LogP contribution >= 0.6 is 11.6 Å². The van der Waals surface area contributed by atoms with Crippen molar-refractivity contribution in [3.05, 3.63) is 29.3 Å². The summed E-state index contributed by atoms with van der Waals surface area (Å²) < 4.78 is 0. The van der Waals surface area contributed by atoms with Gasteiger partial charge in [0.15, 0.2) is 0 Å². The molecule has 2 unspecified atom stereocenters. The highest BCUT2D eigenvalue weighted by molar-refractivity contribution is 6.33. The van der Waals surface area contributed by atoms with E-state index < -0.39 is 0 Å². The molecule has 1 aliphatic rings. The molecule has 0 heterocycles. The van der Waals surface area contributed by atoms with E-state index in [1.807, 2.05) is 18.2 Å². The minimum Gasteiger partial charge on any atom is -0.381 e. The molecule has 2 atom stereocenters. The molecule has 0 saturated heterocycles. The van der Waals surface area contributed by atoms with Crippen molar-refractivity contribution >= 4 is 17.3 Å². The van der Waals surface area contributed by atoms with Crippen LogP contribution in [0.25, 0.3) is 0 Å². The number of para-hydroxylation sites is 1. The summed E-state index contributed by atoms with van der Waals surface area (Å²) in [4.78, 5) is 0. The number of hydrogen-bond donors (Lipinski definition) is 1. The molecule has 1 N–H and O–H groups in total. The Morgan fingerprint density at radius 1 is 1.18 bits per heavy atom. The average molecular weight is 252 g/mol. The van der Waals surface area contributed by atoms with Crippen LogP contribution in [-0.2, 0) is 0 Å². The third-order valence-corrected chi connectivity index (χ3v) is 4.23. The fourth-order valence-corrected chi connectivity index (χ4v) is 2.92. The smallest absolute Gasteiger partial charge is 0.0637 e. The number of benzene rings is 1. The van der Waals surface area contributed by atoms with Crippen molar-refractivity contribution in [3.63, 3.8) is 0 Å². The average Bonchev–Trinajstić information content (AvgIpc) is 2.57. The molecule has 2 rings (SSSR count). The van der Waals surface area contributed by atoms with Gasteiger partial charge in [-0.15, -0.1) is 0 Å². The summed E-state index contributed by atoms with van der Waals surface area (Å²) in [7, 11) is 0. The summed E-state index contributed by atoms with van der Waals surface area (Å²) in [5.74, 6) is 0.938. The molecule has 94 valence electrons. The Hall–Kier alpha value is -0.690. The van der Waals surface area contributed by atoms with Gasteiger partial charge in [-0.25, -0.2) is 0 Å². The van der Waals surface area contributed by atoms with Gasteiger partial charge in [0.05, 0.1) is 10.7 Å². The normalized spacial score (nSPS) is 25.3. The first-order chi connectivity index (χ1) is 8.29. The van der Waals surface area contributed by atoms with Crippen molar-refractivity contribution in [1.82, 2.24) is 0 Å². The van der Waals surface area contributed by atoms with E-state index in [-0.39, 0.29) is 0 Å². The lowest BCUT2D eigenvalue weighted by molar-refractivity contribution is 0.444. The molecule has 0 amide bonds. The van der Waals surface area contributed by atoms with Crippen LogP contribution in [0.5, 0.6) is 0 Å². The van der Waals surface area contributed by atoms with Crippen LogP contribution in [0.1, 0.15) is 45.4 Å². The molecule has 0 aromatic heterocycles. The molecule has 0 bridgehead atoms. The highest BCUT2D eigenvalue weighted by Crippen LogP contribution is 2.29. The van der Waals surface area contributed by atoms with Gasteiger partial charge in [0.2, 0.25) is 0 Å². The number of hydrogen-bond acceptors (Lipinski definition) is 1. The zero-order chi connectivity index (χ0) is 12.1. The highest BCUT2D eigenvalue weighted by Gasteiger charge is 2.17. The van der Waals surface area contributed by atoms with Crippen molar-refractivity contribution in [1.29, 1.82) is 0 Å². The Labute approximate surface area is 110 Å². The number of anilines is 1. The van der Waals surface area contributed by atoms with Crippen LogP contribution in [0, 0.1) is 5.92 Å². The molecular weight excluding hydrogens is 230 g/mol. The molecule has 0 spiro atoms. The number of nitrogens with one attached hydrogen (secondary N) is 1. The maximum atomic E-state index is 6.18. The third kappa shape index (κ3) is 3.64. The zero-order valence-corrected chi connectivity index (χ0v) is 11.3. The van der Waals surface area contributed by atoms with E-state index in [4.69, 9.17) is 11.6 Å². The Morgan fingerprint density at radius 3 is 2.76 bits per heavy atom. The van der Waals surface area contributed by atoms with Crippen LogP contribution < -0.4 is 5.32 Å². The third-order valence-electron chi connectivity index (χ3n) is 3.90. The van der Waals surface area contributed by atoms with E-state index in [1.54, 1.807) is 0 Å². The highest BCUT2D eigenvalue weighted by atomic mass is 35.5. The van der Waals surface area contributed by atoms with Crippen molar-refractivity contribution in [3.8, 4) is 0 Å². The second-order valence-electron chi connectivity index (χ2n) is 5.10. The van der Waals surface area contributed by atoms with Crippen molar-refractivity contribution < 1.29 is 0 Å². The lowest BCUT2D eigenvalue weighted by atomic mass is 9.98. The van der Waals surface area contributed by atoms with Gasteiger partial charge in [0.1, 0.15) is 0 Å².